The largest absolute Gasteiger partial charge is 0.371 e. The minimum absolute atomic E-state index is 0.0434. The van der Waals surface area contributed by atoms with Crippen LogP contribution >= 0.6 is 34.8 Å². The quantitative estimate of drug-likeness (QED) is 0.0780. The summed E-state index contributed by atoms with van der Waals surface area (Å²) in [5, 5.41) is 29.7. The number of ketones is 1. The number of nitrogens with one attached hydrogen (secondary N) is 5. The third-order valence-corrected chi connectivity index (χ3v) is 16.7. The predicted octanol–water partition coefficient (Wildman–Crippen LogP) is 13.7. The van der Waals surface area contributed by atoms with Crippen molar-refractivity contribution in [1.29, 1.82) is 0 Å². The third kappa shape index (κ3) is 13.5. The second-order valence-electron chi connectivity index (χ2n) is 20.8. The lowest BCUT2D eigenvalue weighted by atomic mass is 9.88. The van der Waals surface area contributed by atoms with Gasteiger partial charge in [-0.3, -0.25) is 29.6 Å². The van der Waals surface area contributed by atoms with Gasteiger partial charge in [0.1, 0.15) is 0 Å². The summed E-state index contributed by atoms with van der Waals surface area (Å²) in [6.07, 6.45) is 13.7. The number of nitrogens with zero attached hydrogens (tertiary/aromatic N) is 6. The van der Waals surface area contributed by atoms with Gasteiger partial charge in [-0.1, -0.05) is 90.3 Å². The van der Waals surface area contributed by atoms with E-state index in [0.717, 1.165) is 155 Å². The maximum Gasteiger partial charge on any atom is 0.229 e. The zero-order chi connectivity index (χ0) is 55.2. The molecule has 0 unspecified atom stereocenters. The standard InChI is InChI=1S/C21H22ClN3O.C20H21ClN4O.C19H21ClN4O2S/c1-2-21(26)16-5-3-14(4-6-16)15-7-9-25(10-8-15)20-12-17(22)11-19-18(20)13-23-24-19;1-13(26)23-17-4-2-14(3-5-17)15-6-8-25(9-7-15)20-11-16(21)10-19-18(20)12-22-24-19;1-27(25,26)23-16-4-2-13(3-5-16)14-6-8-24(9-7-14)19-11-15(20)10-18-17(19)12-21-22-18/h3-6,11-13,15H,2,7-10H2,1H3,(H,23,24);2-5,10-12,15H,6-9H2,1H3,(H,22,24)(H,23,26);2-5,10-12,14,23H,6-9H2,1H3,(H,21,22). The Bertz CT molecular complexity index is 3670. The molecule has 3 aliphatic rings. The first kappa shape index (κ1) is 55.2. The van der Waals surface area contributed by atoms with Crippen molar-refractivity contribution in [3.8, 4) is 0 Å². The smallest absolute Gasteiger partial charge is 0.229 e. The van der Waals surface area contributed by atoms with Gasteiger partial charge in [-0.25, -0.2) is 8.42 Å². The summed E-state index contributed by atoms with van der Waals surface area (Å²) < 4.78 is 25.1. The monoisotopic (exact) mass is 1140 g/mol. The number of hydrogen-bond acceptors (Lipinski definition) is 10. The van der Waals surface area contributed by atoms with E-state index < -0.39 is 10.0 Å². The highest BCUT2D eigenvalue weighted by atomic mass is 35.5. The molecule has 3 aromatic heterocycles. The zero-order valence-corrected chi connectivity index (χ0v) is 47.5. The number of rotatable bonds is 11. The molecule has 19 heteroatoms. The lowest BCUT2D eigenvalue weighted by molar-refractivity contribution is -0.114. The topological polar surface area (TPSA) is 188 Å². The number of H-pyrrole nitrogens is 3. The van der Waals surface area contributed by atoms with Gasteiger partial charge in [0.05, 0.1) is 41.4 Å². The van der Waals surface area contributed by atoms with Crippen molar-refractivity contribution in [3.05, 3.63) is 165 Å². The van der Waals surface area contributed by atoms with Gasteiger partial charge < -0.3 is 20.0 Å². The number of sulfonamides is 1. The summed E-state index contributed by atoms with van der Waals surface area (Å²) >= 11 is 18.8. The van der Waals surface area contributed by atoms with Crippen LogP contribution in [-0.2, 0) is 14.8 Å². The molecular formula is C60H64Cl3N11O4S. The molecule has 410 valence electrons. The Labute approximate surface area is 475 Å². The summed E-state index contributed by atoms with van der Waals surface area (Å²) in [5.41, 5.74) is 12.5. The Morgan fingerprint density at radius 1 is 0.532 bits per heavy atom. The Morgan fingerprint density at radius 2 is 0.861 bits per heavy atom. The summed E-state index contributed by atoms with van der Waals surface area (Å²) in [5.74, 6) is 1.70. The van der Waals surface area contributed by atoms with Crippen LogP contribution in [0.1, 0.15) is 104 Å². The van der Waals surface area contributed by atoms with Crippen molar-refractivity contribution in [3.63, 3.8) is 0 Å². The van der Waals surface area contributed by atoms with Crippen LogP contribution in [0.15, 0.2) is 128 Å². The first-order valence-electron chi connectivity index (χ1n) is 26.9. The molecule has 3 fully saturated rings. The molecule has 12 rings (SSSR count). The summed E-state index contributed by atoms with van der Waals surface area (Å²) in [4.78, 5) is 30.1. The molecule has 79 heavy (non-hydrogen) atoms. The lowest BCUT2D eigenvalue weighted by Gasteiger charge is -2.34. The van der Waals surface area contributed by atoms with Crippen LogP contribution in [0.2, 0.25) is 15.1 Å². The van der Waals surface area contributed by atoms with Crippen molar-refractivity contribution in [1.82, 2.24) is 30.6 Å². The highest BCUT2D eigenvalue weighted by molar-refractivity contribution is 7.92. The van der Waals surface area contributed by atoms with Crippen molar-refractivity contribution >= 4 is 118 Å². The summed E-state index contributed by atoms with van der Waals surface area (Å²) in [6, 6.07) is 35.9. The van der Waals surface area contributed by atoms with Gasteiger partial charge >= 0.3 is 0 Å². The van der Waals surface area contributed by atoms with Crippen LogP contribution < -0.4 is 24.7 Å². The molecular weight excluding hydrogens is 1080 g/mol. The number of aromatic amines is 3. The fraction of sp³-hybridized carbons (Fsp3) is 0.317. The molecule has 3 aliphatic heterocycles. The molecule has 0 radical (unpaired) electrons. The van der Waals surface area contributed by atoms with Crippen LogP contribution in [0.4, 0.5) is 28.4 Å². The van der Waals surface area contributed by atoms with E-state index in [1.165, 1.54) is 23.6 Å². The Kier molecular flexibility index (Phi) is 17.1. The molecule has 9 aromatic rings. The molecule has 0 aliphatic carbocycles. The predicted molar refractivity (Wildman–Crippen MR) is 323 cm³/mol. The van der Waals surface area contributed by atoms with Gasteiger partial charge in [0.15, 0.2) is 5.78 Å². The molecule has 3 saturated heterocycles. The molecule has 0 saturated carbocycles. The fourth-order valence-electron chi connectivity index (χ4n) is 11.4. The highest BCUT2D eigenvalue weighted by Crippen LogP contribution is 2.39. The molecule has 0 atom stereocenters. The van der Waals surface area contributed by atoms with Gasteiger partial charge in [-0.2, -0.15) is 15.3 Å². The molecule has 6 aromatic carbocycles. The van der Waals surface area contributed by atoms with Crippen molar-refractivity contribution in [2.45, 2.75) is 76.5 Å². The lowest BCUT2D eigenvalue weighted by Crippen LogP contribution is -2.33. The summed E-state index contributed by atoms with van der Waals surface area (Å²) in [6.45, 7) is 9.25. The minimum Gasteiger partial charge on any atom is -0.371 e. The van der Waals surface area contributed by atoms with E-state index in [1.54, 1.807) is 0 Å². The van der Waals surface area contributed by atoms with E-state index in [9.17, 15) is 18.0 Å². The van der Waals surface area contributed by atoms with Crippen molar-refractivity contribution in [2.24, 2.45) is 0 Å². The van der Waals surface area contributed by atoms with Crippen molar-refractivity contribution < 1.29 is 18.0 Å². The first-order chi connectivity index (χ1) is 38.1. The third-order valence-electron chi connectivity index (χ3n) is 15.4. The van der Waals surface area contributed by atoms with E-state index in [0.29, 0.717) is 34.9 Å². The number of anilines is 5. The molecule has 5 N–H and O–H groups in total. The highest BCUT2D eigenvalue weighted by Gasteiger charge is 2.26. The van der Waals surface area contributed by atoms with Crippen LogP contribution in [0, 0.1) is 0 Å². The van der Waals surface area contributed by atoms with Crippen molar-refractivity contribution in [2.75, 3.05) is 70.3 Å². The van der Waals surface area contributed by atoms with Crippen LogP contribution in [0.5, 0.6) is 0 Å². The number of amides is 1. The Hall–Kier alpha value is -7.11. The number of benzene rings is 6. The SMILES string of the molecule is CC(=O)Nc1ccc(C2CCN(c3cc(Cl)cc4[nH]ncc34)CC2)cc1.CCC(=O)c1ccc(C2CCN(c3cc(Cl)cc4[nH]ncc34)CC2)cc1.CS(=O)(=O)Nc1ccc(C2CCN(c3cc(Cl)cc4[nH]ncc34)CC2)cc1. The van der Waals surface area contributed by atoms with Crippen LogP contribution in [0.3, 0.4) is 0 Å². The Morgan fingerprint density at radius 3 is 1.18 bits per heavy atom. The molecule has 1 amide bonds. The number of carbonyl (C=O) groups excluding carboxylic acids is 2. The average Bonchev–Trinajstić information content (AvgIpc) is 4.33. The van der Waals surface area contributed by atoms with E-state index in [1.807, 2.05) is 110 Å². The number of hydrogen-bond donors (Lipinski definition) is 5. The van der Waals surface area contributed by atoms with Crippen LogP contribution in [0.25, 0.3) is 32.7 Å². The van der Waals surface area contributed by atoms with Gasteiger partial charge in [0.2, 0.25) is 15.9 Å². The first-order valence-corrected chi connectivity index (χ1v) is 29.9. The number of carbonyl (C=O) groups is 2. The van der Waals surface area contributed by atoms with Gasteiger partial charge in [-0.15, -0.1) is 0 Å². The second-order valence-corrected chi connectivity index (χ2v) is 23.8. The molecule has 15 nitrogen and oxygen atoms in total. The van der Waals surface area contributed by atoms with Gasteiger partial charge in [-0.05, 0) is 134 Å². The molecule has 6 heterocycles. The average molecular weight is 1140 g/mol. The maximum atomic E-state index is 11.8. The van der Waals surface area contributed by atoms with E-state index in [2.05, 4.69) is 79.6 Å². The number of fused-ring (bicyclic) bond motifs is 3. The second kappa shape index (κ2) is 24.5. The number of piperidine rings is 3. The van der Waals surface area contributed by atoms with E-state index in [-0.39, 0.29) is 11.7 Å². The molecule has 0 spiro atoms. The number of aromatic nitrogens is 6. The molecule has 0 bridgehead atoms. The number of Topliss-reactive ketones (excluding diaryl/α,β-unsaturated/α-hetero) is 1. The van der Waals surface area contributed by atoms with E-state index >= 15 is 0 Å². The normalized spacial score (nSPS) is 15.6. The van der Waals surface area contributed by atoms with E-state index in [4.69, 9.17) is 34.8 Å². The Balaban J connectivity index is 0.000000134. The van der Waals surface area contributed by atoms with Gasteiger partial charge in [0.25, 0.3) is 0 Å². The number of halogens is 3. The maximum absolute atomic E-state index is 11.8. The zero-order valence-electron chi connectivity index (χ0n) is 44.4. The minimum atomic E-state index is -3.24. The summed E-state index contributed by atoms with van der Waals surface area (Å²) in [7, 11) is -3.24. The van der Waals surface area contributed by atoms with Crippen LogP contribution in [-0.4, -0.2) is 96.2 Å². The van der Waals surface area contributed by atoms with Gasteiger partial charge in [0, 0.05) is 118 Å². The fourth-order valence-corrected chi connectivity index (χ4v) is 12.6.